The van der Waals surface area contributed by atoms with Crippen molar-refractivity contribution in [2.75, 3.05) is 0 Å². The number of ether oxygens (including phenoxy) is 2. The second-order valence-corrected chi connectivity index (χ2v) is 6.26. The number of carboxylic acids is 1. The third-order valence-electron chi connectivity index (χ3n) is 4.47. The summed E-state index contributed by atoms with van der Waals surface area (Å²) in [5.74, 6) is 0.956. The fraction of sp³-hybridized carbons (Fsp3) is 0.412. The molecule has 0 bridgehead atoms. The van der Waals surface area contributed by atoms with E-state index in [4.69, 9.17) is 19.1 Å². The van der Waals surface area contributed by atoms with Crippen LogP contribution in [0.15, 0.2) is 10.6 Å². The first-order valence-corrected chi connectivity index (χ1v) is 7.67. The molecule has 6 nitrogen and oxygen atoms in total. The van der Waals surface area contributed by atoms with E-state index < -0.39 is 5.97 Å². The Labute approximate surface area is 133 Å². The second-order valence-electron chi connectivity index (χ2n) is 6.26. The molecular weight excluding hydrogens is 298 g/mol. The predicted molar refractivity (Wildman–Crippen MR) is 81.2 cm³/mol. The zero-order valence-electron chi connectivity index (χ0n) is 13.2. The maximum absolute atomic E-state index is 11.1. The van der Waals surface area contributed by atoms with Gasteiger partial charge in [0.1, 0.15) is 23.7 Å². The smallest absolute Gasteiger partial charge is 0.358 e. The van der Waals surface area contributed by atoms with E-state index in [-0.39, 0.29) is 17.9 Å². The molecule has 1 aromatic carbocycles. The van der Waals surface area contributed by atoms with Gasteiger partial charge in [0.2, 0.25) is 0 Å². The standard InChI is InChI=1S/C17H17NO5/c1-7-4-10-9(3)15-11(5-8(2)21-15)14(16(10)22-7)13-6-12(17(19)20)18-23-13/h6-8H,4-5H2,1-3H3,(H,19,20). The largest absolute Gasteiger partial charge is 0.490 e. The average Bonchev–Trinajstić information content (AvgIpc) is 3.17. The molecule has 2 atom stereocenters. The van der Waals surface area contributed by atoms with Gasteiger partial charge >= 0.3 is 5.97 Å². The number of aromatic nitrogens is 1. The number of rotatable bonds is 2. The molecule has 0 radical (unpaired) electrons. The van der Waals surface area contributed by atoms with Gasteiger partial charge in [0.05, 0.1) is 5.56 Å². The van der Waals surface area contributed by atoms with Crippen LogP contribution in [-0.2, 0) is 12.8 Å². The Bertz CT molecular complexity index is 784. The van der Waals surface area contributed by atoms with Gasteiger partial charge in [-0.3, -0.25) is 0 Å². The third-order valence-corrected chi connectivity index (χ3v) is 4.47. The predicted octanol–water partition coefficient (Wildman–Crippen LogP) is 3.00. The van der Waals surface area contributed by atoms with E-state index in [1.807, 2.05) is 20.8 Å². The summed E-state index contributed by atoms with van der Waals surface area (Å²) in [5, 5.41) is 12.7. The molecule has 0 amide bonds. The first-order valence-electron chi connectivity index (χ1n) is 7.67. The van der Waals surface area contributed by atoms with Gasteiger partial charge in [-0.15, -0.1) is 0 Å². The number of carbonyl (C=O) groups is 1. The Morgan fingerprint density at radius 3 is 2.48 bits per heavy atom. The van der Waals surface area contributed by atoms with Crippen LogP contribution >= 0.6 is 0 Å². The van der Waals surface area contributed by atoms with Crippen molar-refractivity contribution < 1.29 is 23.9 Å². The van der Waals surface area contributed by atoms with Gasteiger partial charge in [-0.25, -0.2) is 4.79 Å². The van der Waals surface area contributed by atoms with Crippen LogP contribution in [0, 0.1) is 6.92 Å². The summed E-state index contributed by atoms with van der Waals surface area (Å²) in [7, 11) is 0. The minimum absolute atomic E-state index is 0.0734. The summed E-state index contributed by atoms with van der Waals surface area (Å²) in [6.07, 6.45) is 1.69. The van der Waals surface area contributed by atoms with Crippen molar-refractivity contribution in [3.63, 3.8) is 0 Å². The lowest BCUT2D eigenvalue weighted by Gasteiger charge is -2.14. The van der Waals surface area contributed by atoms with Gasteiger partial charge in [0.15, 0.2) is 11.5 Å². The monoisotopic (exact) mass is 315 g/mol. The lowest BCUT2D eigenvalue weighted by atomic mass is 9.92. The lowest BCUT2D eigenvalue weighted by molar-refractivity contribution is 0.0686. The van der Waals surface area contributed by atoms with Crippen LogP contribution in [0.4, 0.5) is 0 Å². The van der Waals surface area contributed by atoms with Gasteiger partial charge < -0.3 is 19.1 Å². The fourth-order valence-electron chi connectivity index (χ4n) is 3.48. The SMILES string of the molecule is Cc1c2c(c(-c3cc(C(=O)O)no3)c3c1OC(C)C3)OC(C)C2. The molecule has 0 saturated heterocycles. The molecule has 0 saturated carbocycles. The fourth-order valence-corrected chi connectivity index (χ4v) is 3.48. The minimum Gasteiger partial charge on any atom is -0.490 e. The lowest BCUT2D eigenvalue weighted by Crippen LogP contribution is -2.07. The van der Waals surface area contributed by atoms with Crippen molar-refractivity contribution in [2.24, 2.45) is 0 Å². The normalized spacial score (nSPS) is 21.5. The number of fused-ring (bicyclic) bond motifs is 2. The highest BCUT2D eigenvalue weighted by molar-refractivity contribution is 5.88. The van der Waals surface area contributed by atoms with Gasteiger partial charge in [-0.05, 0) is 26.3 Å². The average molecular weight is 315 g/mol. The molecule has 0 aliphatic carbocycles. The number of hydrogen-bond acceptors (Lipinski definition) is 5. The van der Waals surface area contributed by atoms with E-state index in [2.05, 4.69) is 5.16 Å². The Morgan fingerprint density at radius 1 is 1.17 bits per heavy atom. The van der Waals surface area contributed by atoms with Crippen molar-refractivity contribution in [1.82, 2.24) is 5.16 Å². The quantitative estimate of drug-likeness (QED) is 0.917. The molecule has 1 aromatic heterocycles. The highest BCUT2D eigenvalue weighted by Crippen LogP contribution is 2.50. The summed E-state index contributed by atoms with van der Waals surface area (Å²) >= 11 is 0. The van der Waals surface area contributed by atoms with Crippen LogP contribution in [0.5, 0.6) is 11.5 Å². The zero-order valence-corrected chi connectivity index (χ0v) is 13.2. The Hall–Kier alpha value is -2.50. The van der Waals surface area contributed by atoms with Gasteiger partial charge in [0.25, 0.3) is 0 Å². The van der Waals surface area contributed by atoms with E-state index in [1.165, 1.54) is 6.07 Å². The van der Waals surface area contributed by atoms with Crippen molar-refractivity contribution in [2.45, 2.75) is 45.8 Å². The summed E-state index contributed by atoms with van der Waals surface area (Å²) in [5.41, 5.74) is 3.89. The van der Waals surface area contributed by atoms with Gasteiger partial charge in [0, 0.05) is 30.0 Å². The first kappa shape index (κ1) is 14.1. The maximum atomic E-state index is 11.1. The molecule has 23 heavy (non-hydrogen) atoms. The van der Waals surface area contributed by atoms with E-state index in [0.29, 0.717) is 5.76 Å². The maximum Gasteiger partial charge on any atom is 0.358 e. The van der Waals surface area contributed by atoms with Crippen LogP contribution in [0.2, 0.25) is 0 Å². The van der Waals surface area contributed by atoms with E-state index in [1.54, 1.807) is 0 Å². The summed E-state index contributed by atoms with van der Waals surface area (Å²) < 4.78 is 17.3. The Balaban J connectivity index is 1.97. The molecule has 2 aromatic rings. The molecule has 3 heterocycles. The zero-order chi connectivity index (χ0) is 16.3. The Kier molecular flexibility index (Phi) is 2.91. The summed E-state index contributed by atoms with van der Waals surface area (Å²) in [6.45, 7) is 6.08. The van der Waals surface area contributed by atoms with Crippen molar-refractivity contribution >= 4 is 5.97 Å². The molecule has 0 fully saturated rings. The minimum atomic E-state index is -1.11. The molecule has 120 valence electrons. The number of aromatic carboxylic acids is 1. The first-order chi connectivity index (χ1) is 11.0. The number of benzene rings is 1. The molecule has 2 aliphatic heterocycles. The number of hydrogen-bond donors (Lipinski definition) is 1. The highest BCUT2D eigenvalue weighted by Gasteiger charge is 2.36. The molecule has 2 unspecified atom stereocenters. The highest BCUT2D eigenvalue weighted by atomic mass is 16.5. The van der Waals surface area contributed by atoms with Crippen LogP contribution in [0.1, 0.15) is 41.0 Å². The van der Waals surface area contributed by atoms with Crippen LogP contribution < -0.4 is 9.47 Å². The summed E-state index contributed by atoms with van der Waals surface area (Å²) in [6, 6.07) is 1.45. The van der Waals surface area contributed by atoms with Gasteiger partial charge in [-0.1, -0.05) is 5.16 Å². The topological polar surface area (TPSA) is 81.8 Å². The van der Waals surface area contributed by atoms with Crippen LogP contribution in [0.3, 0.4) is 0 Å². The van der Waals surface area contributed by atoms with E-state index >= 15 is 0 Å². The van der Waals surface area contributed by atoms with Crippen LogP contribution in [-0.4, -0.2) is 28.4 Å². The van der Waals surface area contributed by atoms with Crippen molar-refractivity contribution in [3.8, 4) is 22.8 Å². The number of carboxylic acid groups (broad SMARTS) is 1. The summed E-state index contributed by atoms with van der Waals surface area (Å²) in [4.78, 5) is 11.1. The third kappa shape index (κ3) is 2.01. The molecule has 6 heteroatoms. The van der Waals surface area contributed by atoms with Gasteiger partial charge in [-0.2, -0.15) is 0 Å². The van der Waals surface area contributed by atoms with E-state index in [9.17, 15) is 4.79 Å². The molecule has 1 N–H and O–H groups in total. The van der Waals surface area contributed by atoms with Crippen molar-refractivity contribution in [3.05, 3.63) is 28.5 Å². The van der Waals surface area contributed by atoms with Crippen molar-refractivity contribution in [1.29, 1.82) is 0 Å². The number of nitrogens with zero attached hydrogens (tertiary/aromatic N) is 1. The van der Waals surface area contributed by atoms with E-state index in [0.717, 1.165) is 46.6 Å². The van der Waals surface area contributed by atoms with Crippen LogP contribution in [0.25, 0.3) is 11.3 Å². The Morgan fingerprint density at radius 2 is 1.83 bits per heavy atom. The molecule has 4 rings (SSSR count). The second kappa shape index (κ2) is 4.75. The molecule has 2 aliphatic rings. The molecular formula is C17H17NO5. The molecule has 0 spiro atoms.